The van der Waals surface area contributed by atoms with E-state index in [4.69, 9.17) is 0 Å². The number of nitrogens with zero attached hydrogens (tertiary/aromatic N) is 5. The summed E-state index contributed by atoms with van der Waals surface area (Å²) < 4.78 is 1.73. The number of hydrogen-bond donors (Lipinski definition) is 0. The fourth-order valence-corrected chi connectivity index (χ4v) is 3.37. The number of benzene rings is 1. The summed E-state index contributed by atoms with van der Waals surface area (Å²) in [6.07, 6.45) is 0.302. The Labute approximate surface area is 166 Å². The van der Waals surface area contributed by atoms with Gasteiger partial charge in [-0.3, -0.25) is 4.79 Å². The summed E-state index contributed by atoms with van der Waals surface area (Å²) in [5.41, 5.74) is 5.56. The van der Waals surface area contributed by atoms with Gasteiger partial charge >= 0.3 is 0 Å². The molecule has 0 radical (unpaired) electrons. The van der Waals surface area contributed by atoms with E-state index in [0.717, 1.165) is 33.9 Å². The Hall–Kier alpha value is -3.02. The van der Waals surface area contributed by atoms with Gasteiger partial charge in [0.1, 0.15) is 0 Å². The van der Waals surface area contributed by atoms with E-state index in [1.807, 2.05) is 78.1 Å². The number of hydrogen-bond acceptors (Lipinski definition) is 4. The molecule has 6 nitrogen and oxygen atoms in total. The Bertz CT molecular complexity index is 973. The Morgan fingerprint density at radius 1 is 1.07 bits per heavy atom. The third-order valence-corrected chi connectivity index (χ3v) is 5.19. The maximum atomic E-state index is 12.9. The maximum absolute atomic E-state index is 12.9. The molecule has 3 aromatic rings. The highest BCUT2D eigenvalue weighted by Crippen LogP contribution is 2.22. The van der Waals surface area contributed by atoms with Crippen LogP contribution in [0.4, 0.5) is 0 Å². The number of likely N-dealkylation sites (N-methyl/N-ethyl adjacent to an activating group) is 1. The zero-order chi connectivity index (χ0) is 20.4. The van der Waals surface area contributed by atoms with Crippen LogP contribution in [0.2, 0.25) is 0 Å². The van der Waals surface area contributed by atoms with Crippen molar-refractivity contribution >= 4 is 5.91 Å². The van der Waals surface area contributed by atoms with Crippen LogP contribution in [-0.4, -0.2) is 37.6 Å². The quantitative estimate of drug-likeness (QED) is 0.681. The number of rotatable bonds is 5. The molecule has 28 heavy (non-hydrogen) atoms. The van der Waals surface area contributed by atoms with E-state index >= 15 is 0 Å². The van der Waals surface area contributed by atoms with Crippen molar-refractivity contribution in [3.05, 3.63) is 70.3 Å². The van der Waals surface area contributed by atoms with Crippen LogP contribution in [0.15, 0.2) is 36.4 Å². The van der Waals surface area contributed by atoms with Gasteiger partial charge in [-0.15, -0.1) is 0 Å². The molecule has 0 N–H and O–H groups in total. The van der Waals surface area contributed by atoms with E-state index in [9.17, 15) is 4.79 Å². The minimum atomic E-state index is 0.00659. The normalized spacial score (nSPS) is 12.1. The minimum Gasteiger partial charge on any atom is -0.339 e. The summed E-state index contributed by atoms with van der Waals surface area (Å²) in [7, 11) is 1.85. The Kier molecular flexibility index (Phi) is 5.58. The van der Waals surface area contributed by atoms with Crippen LogP contribution in [0.1, 0.15) is 46.9 Å². The minimum absolute atomic E-state index is 0.00659. The van der Waals surface area contributed by atoms with Crippen LogP contribution in [0.25, 0.3) is 5.95 Å². The fourth-order valence-electron chi connectivity index (χ4n) is 3.37. The zero-order valence-corrected chi connectivity index (χ0v) is 17.4. The van der Waals surface area contributed by atoms with Gasteiger partial charge in [-0.1, -0.05) is 30.3 Å². The van der Waals surface area contributed by atoms with Gasteiger partial charge in [0.05, 0.1) is 18.2 Å². The van der Waals surface area contributed by atoms with E-state index in [2.05, 4.69) is 15.1 Å². The van der Waals surface area contributed by atoms with Gasteiger partial charge < -0.3 is 4.90 Å². The maximum Gasteiger partial charge on any atom is 0.251 e. The smallest absolute Gasteiger partial charge is 0.251 e. The molecule has 0 aliphatic rings. The molecule has 1 unspecified atom stereocenters. The summed E-state index contributed by atoms with van der Waals surface area (Å²) in [5.74, 6) is 0.603. The highest BCUT2D eigenvalue weighted by atomic mass is 16.2. The standard InChI is InChI=1S/C22H27N5O/c1-14-12-15(2)24-22(23-14)27-18(5)20(16(3)25-27)13-21(28)26(6)17(4)19-10-8-7-9-11-19/h7-12,17H,13H2,1-6H3. The second-order valence-electron chi connectivity index (χ2n) is 7.28. The van der Waals surface area contributed by atoms with Crippen LogP contribution < -0.4 is 0 Å². The SMILES string of the molecule is Cc1cc(C)nc(-n2nc(C)c(CC(=O)N(C)C(C)c3ccccc3)c2C)n1. The largest absolute Gasteiger partial charge is 0.339 e. The van der Waals surface area contributed by atoms with E-state index in [-0.39, 0.29) is 11.9 Å². The molecule has 0 aliphatic heterocycles. The average Bonchev–Trinajstić information content (AvgIpc) is 2.95. The van der Waals surface area contributed by atoms with Crippen LogP contribution in [-0.2, 0) is 11.2 Å². The molecule has 0 bridgehead atoms. The predicted molar refractivity (Wildman–Crippen MR) is 109 cm³/mol. The molecule has 3 rings (SSSR count). The summed E-state index contributed by atoms with van der Waals surface area (Å²) in [6, 6.07) is 12.0. The van der Waals surface area contributed by atoms with Crippen molar-refractivity contribution in [3.63, 3.8) is 0 Å². The van der Waals surface area contributed by atoms with E-state index in [1.54, 1.807) is 9.58 Å². The van der Waals surface area contributed by atoms with Gasteiger partial charge in [0.25, 0.3) is 5.95 Å². The predicted octanol–water partition coefficient (Wildman–Crippen LogP) is 3.66. The third kappa shape index (κ3) is 3.96. The van der Waals surface area contributed by atoms with Crippen LogP contribution in [0.5, 0.6) is 0 Å². The lowest BCUT2D eigenvalue weighted by molar-refractivity contribution is -0.131. The van der Waals surface area contributed by atoms with Crippen LogP contribution in [0.3, 0.4) is 0 Å². The van der Waals surface area contributed by atoms with Crippen LogP contribution in [0, 0.1) is 27.7 Å². The van der Waals surface area contributed by atoms with Crippen molar-refractivity contribution in [2.75, 3.05) is 7.05 Å². The average molecular weight is 377 g/mol. The highest BCUT2D eigenvalue weighted by molar-refractivity contribution is 5.79. The Balaban J connectivity index is 1.84. The summed E-state index contributed by atoms with van der Waals surface area (Å²) in [6.45, 7) is 9.81. The number of aromatic nitrogens is 4. The molecular weight excluding hydrogens is 350 g/mol. The topological polar surface area (TPSA) is 63.9 Å². The van der Waals surface area contributed by atoms with Crippen molar-refractivity contribution in [2.45, 2.75) is 47.1 Å². The molecule has 1 aromatic carbocycles. The van der Waals surface area contributed by atoms with E-state index < -0.39 is 0 Å². The highest BCUT2D eigenvalue weighted by Gasteiger charge is 2.22. The van der Waals surface area contributed by atoms with Gasteiger partial charge in [0.15, 0.2) is 0 Å². The van der Waals surface area contributed by atoms with E-state index in [1.165, 1.54) is 0 Å². The van der Waals surface area contributed by atoms with Gasteiger partial charge in [0, 0.05) is 29.7 Å². The first-order valence-corrected chi connectivity index (χ1v) is 9.46. The summed E-state index contributed by atoms with van der Waals surface area (Å²) >= 11 is 0. The van der Waals surface area contributed by atoms with E-state index in [0.29, 0.717) is 12.4 Å². The van der Waals surface area contributed by atoms with Gasteiger partial charge in [-0.2, -0.15) is 5.10 Å². The molecule has 0 saturated carbocycles. The third-order valence-electron chi connectivity index (χ3n) is 5.19. The number of aryl methyl sites for hydroxylation is 3. The first-order chi connectivity index (χ1) is 13.3. The monoisotopic (exact) mass is 377 g/mol. The zero-order valence-electron chi connectivity index (χ0n) is 17.4. The Morgan fingerprint density at radius 2 is 1.68 bits per heavy atom. The molecule has 146 valence electrons. The molecule has 0 saturated heterocycles. The molecule has 1 atom stereocenters. The molecule has 2 aromatic heterocycles. The van der Waals surface area contributed by atoms with Crippen molar-refractivity contribution in [3.8, 4) is 5.95 Å². The molecule has 2 heterocycles. The van der Waals surface area contributed by atoms with Crippen molar-refractivity contribution in [1.82, 2.24) is 24.6 Å². The lowest BCUT2D eigenvalue weighted by Gasteiger charge is -2.25. The lowest BCUT2D eigenvalue weighted by atomic mass is 10.1. The molecule has 1 amide bonds. The molecule has 0 spiro atoms. The first-order valence-electron chi connectivity index (χ1n) is 9.46. The van der Waals surface area contributed by atoms with Crippen molar-refractivity contribution in [1.29, 1.82) is 0 Å². The summed E-state index contributed by atoms with van der Waals surface area (Å²) in [5, 5.41) is 4.60. The molecule has 0 aliphatic carbocycles. The Morgan fingerprint density at radius 3 is 2.29 bits per heavy atom. The number of amides is 1. The summed E-state index contributed by atoms with van der Waals surface area (Å²) in [4.78, 5) is 23.7. The lowest BCUT2D eigenvalue weighted by Crippen LogP contribution is -2.31. The molecular formula is C22H27N5O. The first kappa shape index (κ1) is 19.7. The van der Waals surface area contributed by atoms with Gasteiger partial charge in [-0.25, -0.2) is 14.6 Å². The second kappa shape index (κ2) is 7.92. The molecule has 6 heteroatoms. The fraction of sp³-hybridized carbons (Fsp3) is 0.364. The van der Waals surface area contributed by atoms with Crippen LogP contribution >= 0.6 is 0 Å². The number of carbonyl (C=O) groups excluding carboxylic acids is 1. The second-order valence-corrected chi connectivity index (χ2v) is 7.28. The van der Waals surface area contributed by atoms with Gasteiger partial charge in [-0.05, 0) is 46.2 Å². The molecule has 0 fully saturated rings. The van der Waals surface area contributed by atoms with Gasteiger partial charge in [0.2, 0.25) is 5.91 Å². The van der Waals surface area contributed by atoms with Crippen molar-refractivity contribution in [2.24, 2.45) is 0 Å². The van der Waals surface area contributed by atoms with Crippen molar-refractivity contribution < 1.29 is 4.79 Å². The number of carbonyl (C=O) groups is 1.